The van der Waals surface area contributed by atoms with Crippen LogP contribution in [0.1, 0.15) is 26.2 Å². The van der Waals surface area contributed by atoms with Gasteiger partial charge >= 0.3 is 0 Å². The Hall–Kier alpha value is 0.170. The third-order valence-electron chi connectivity index (χ3n) is 1.72. The van der Waals surface area contributed by atoms with E-state index in [1.54, 1.807) is 0 Å². The van der Waals surface area contributed by atoms with Gasteiger partial charge in [0.25, 0.3) is 0 Å². The Labute approximate surface area is 81.7 Å². The number of hydrogen-bond acceptors (Lipinski definition) is 3. The van der Waals surface area contributed by atoms with Crippen LogP contribution >= 0.6 is 12.4 Å². The molecule has 0 saturated heterocycles. The molecule has 76 valence electrons. The van der Waals surface area contributed by atoms with Gasteiger partial charge in [0.05, 0.1) is 0 Å². The van der Waals surface area contributed by atoms with Crippen molar-refractivity contribution >= 4 is 12.4 Å². The minimum atomic E-state index is 0. The third-order valence-corrected chi connectivity index (χ3v) is 1.72. The van der Waals surface area contributed by atoms with Crippen molar-refractivity contribution in [1.82, 2.24) is 5.32 Å². The second-order valence-electron chi connectivity index (χ2n) is 2.93. The maximum atomic E-state index is 5.40. The van der Waals surface area contributed by atoms with Gasteiger partial charge in [-0.3, -0.25) is 0 Å². The lowest BCUT2D eigenvalue weighted by Crippen LogP contribution is -2.29. The molecule has 0 spiro atoms. The van der Waals surface area contributed by atoms with Crippen LogP contribution in [0.15, 0.2) is 0 Å². The molecule has 4 heteroatoms. The summed E-state index contributed by atoms with van der Waals surface area (Å²) in [6.45, 7) is 4.80. The first-order valence-electron chi connectivity index (χ1n) is 4.44. The monoisotopic (exact) mass is 195 g/mol. The molecule has 0 fully saturated rings. The summed E-state index contributed by atoms with van der Waals surface area (Å²) in [5, 5.41) is 3.38. The molecule has 0 radical (unpaired) electrons. The lowest BCUT2D eigenvalue weighted by molar-refractivity contribution is 0.506. The Kier molecular flexibility index (Phi) is 13.7. The van der Waals surface area contributed by atoms with Crippen molar-refractivity contribution in [1.29, 1.82) is 0 Å². The molecule has 0 aromatic rings. The molecule has 0 aliphatic heterocycles. The van der Waals surface area contributed by atoms with Gasteiger partial charge < -0.3 is 16.8 Å². The second-order valence-corrected chi connectivity index (χ2v) is 2.93. The average molecular weight is 196 g/mol. The highest BCUT2D eigenvalue weighted by atomic mass is 35.5. The molecule has 0 saturated carbocycles. The Balaban J connectivity index is 0. The fraction of sp³-hybridized carbons (Fsp3) is 1.00. The van der Waals surface area contributed by atoms with Gasteiger partial charge in [-0.1, -0.05) is 0 Å². The molecular formula is C8H22ClN3. The zero-order chi connectivity index (χ0) is 8.53. The summed E-state index contributed by atoms with van der Waals surface area (Å²) in [5.41, 5.74) is 10.8. The zero-order valence-corrected chi connectivity index (χ0v) is 8.70. The van der Waals surface area contributed by atoms with Crippen molar-refractivity contribution in [3.63, 3.8) is 0 Å². The molecule has 0 aliphatic carbocycles. The highest BCUT2D eigenvalue weighted by Crippen LogP contribution is 1.89. The van der Waals surface area contributed by atoms with Gasteiger partial charge in [-0.15, -0.1) is 12.4 Å². The van der Waals surface area contributed by atoms with Crippen LogP contribution < -0.4 is 16.8 Å². The van der Waals surface area contributed by atoms with Crippen LogP contribution in [0.4, 0.5) is 0 Å². The van der Waals surface area contributed by atoms with Crippen LogP contribution in [-0.2, 0) is 0 Å². The average Bonchev–Trinajstić information content (AvgIpc) is 1.99. The smallest absolute Gasteiger partial charge is 0.00507 e. The Morgan fingerprint density at radius 1 is 1.17 bits per heavy atom. The van der Waals surface area contributed by atoms with E-state index in [0.29, 0.717) is 6.04 Å². The van der Waals surface area contributed by atoms with Crippen molar-refractivity contribution in [3.8, 4) is 0 Å². The van der Waals surface area contributed by atoms with Gasteiger partial charge in [-0.2, -0.15) is 0 Å². The van der Waals surface area contributed by atoms with Crippen LogP contribution in [0, 0.1) is 0 Å². The molecule has 0 aromatic heterocycles. The minimum Gasteiger partial charge on any atom is -0.330 e. The number of nitrogens with one attached hydrogen (secondary N) is 1. The van der Waals surface area contributed by atoms with Crippen LogP contribution in [0.25, 0.3) is 0 Å². The Morgan fingerprint density at radius 2 is 1.83 bits per heavy atom. The first kappa shape index (κ1) is 14.7. The summed E-state index contributed by atoms with van der Waals surface area (Å²) in [6, 6.07) is 0.553. The number of halogens is 1. The van der Waals surface area contributed by atoms with Crippen molar-refractivity contribution in [2.75, 3.05) is 19.6 Å². The Bertz CT molecular complexity index is 80.7. The minimum absolute atomic E-state index is 0. The molecule has 1 unspecified atom stereocenters. The summed E-state index contributed by atoms with van der Waals surface area (Å²) in [4.78, 5) is 0. The van der Waals surface area contributed by atoms with Gasteiger partial charge in [0, 0.05) is 6.04 Å². The molecule has 0 amide bonds. The summed E-state index contributed by atoms with van der Waals surface area (Å²) < 4.78 is 0. The highest BCUT2D eigenvalue weighted by Gasteiger charge is 1.97. The summed E-state index contributed by atoms with van der Waals surface area (Å²) in [7, 11) is 0. The molecule has 0 aromatic carbocycles. The van der Waals surface area contributed by atoms with E-state index in [1.165, 1.54) is 6.42 Å². The second kappa shape index (κ2) is 11.2. The normalized spacial score (nSPS) is 12.2. The maximum absolute atomic E-state index is 5.40. The molecule has 5 N–H and O–H groups in total. The van der Waals surface area contributed by atoms with Gasteiger partial charge in [0.1, 0.15) is 0 Å². The fourth-order valence-corrected chi connectivity index (χ4v) is 0.970. The van der Waals surface area contributed by atoms with E-state index in [9.17, 15) is 0 Å². The van der Waals surface area contributed by atoms with E-state index in [-0.39, 0.29) is 12.4 Å². The topological polar surface area (TPSA) is 64.1 Å². The maximum Gasteiger partial charge on any atom is 0.00507 e. The highest BCUT2D eigenvalue weighted by molar-refractivity contribution is 5.85. The molecule has 0 bridgehead atoms. The SMILES string of the molecule is CC(CCN)NCCCCN.Cl. The first-order chi connectivity index (χ1) is 5.31. The molecule has 12 heavy (non-hydrogen) atoms. The quantitative estimate of drug-likeness (QED) is 0.518. The zero-order valence-electron chi connectivity index (χ0n) is 7.88. The van der Waals surface area contributed by atoms with Crippen molar-refractivity contribution < 1.29 is 0 Å². The van der Waals surface area contributed by atoms with Crippen LogP contribution in [-0.4, -0.2) is 25.7 Å². The van der Waals surface area contributed by atoms with E-state index in [0.717, 1.165) is 32.5 Å². The standard InChI is InChI=1S/C8H21N3.ClH/c1-8(4-6-10)11-7-3-2-5-9;/h8,11H,2-7,9-10H2,1H3;1H. The predicted octanol–water partition coefficient (Wildman–Crippen LogP) is 0.474. The fourth-order valence-electron chi connectivity index (χ4n) is 0.970. The lowest BCUT2D eigenvalue weighted by atomic mass is 10.2. The number of rotatable bonds is 7. The molecule has 0 aliphatic rings. The van der Waals surface area contributed by atoms with Crippen molar-refractivity contribution in [3.05, 3.63) is 0 Å². The summed E-state index contributed by atoms with van der Waals surface area (Å²) in [6.07, 6.45) is 3.34. The predicted molar refractivity (Wildman–Crippen MR) is 56.7 cm³/mol. The van der Waals surface area contributed by atoms with E-state index in [2.05, 4.69) is 12.2 Å². The van der Waals surface area contributed by atoms with E-state index < -0.39 is 0 Å². The number of unbranched alkanes of at least 4 members (excludes halogenated alkanes) is 1. The van der Waals surface area contributed by atoms with E-state index >= 15 is 0 Å². The van der Waals surface area contributed by atoms with Crippen LogP contribution in [0.2, 0.25) is 0 Å². The third kappa shape index (κ3) is 10.2. The summed E-state index contributed by atoms with van der Waals surface area (Å²) in [5.74, 6) is 0. The van der Waals surface area contributed by atoms with E-state index in [4.69, 9.17) is 11.5 Å². The van der Waals surface area contributed by atoms with E-state index in [1.807, 2.05) is 0 Å². The van der Waals surface area contributed by atoms with Gasteiger partial charge in [-0.25, -0.2) is 0 Å². The molecule has 3 nitrogen and oxygen atoms in total. The van der Waals surface area contributed by atoms with Crippen LogP contribution in [0.5, 0.6) is 0 Å². The molecule has 0 rings (SSSR count). The Morgan fingerprint density at radius 3 is 2.33 bits per heavy atom. The molecule has 0 heterocycles. The van der Waals surface area contributed by atoms with Crippen LogP contribution in [0.3, 0.4) is 0 Å². The van der Waals surface area contributed by atoms with Gasteiger partial charge in [0.2, 0.25) is 0 Å². The number of hydrogen-bond donors (Lipinski definition) is 3. The lowest BCUT2D eigenvalue weighted by Gasteiger charge is -2.11. The largest absolute Gasteiger partial charge is 0.330 e. The molecular weight excluding hydrogens is 174 g/mol. The van der Waals surface area contributed by atoms with Crippen molar-refractivity contribution in [2.45, 2.75) is 32.2 Å². The van der Waals surface area contributed by atoms with Crippen molar-refractivity contribution in [2.24, 2.45) is 11.5 Å². The first-order valence-corrected chi connectivity index (χ1v) is 4.44. The number of nitrogens with two attached hydrogens (primary N) is 2. The van der Waals surface area contributed by atoms with Gasteiger partial charge in [0.15, 0.2) is 0 Å². The van der Waals surface area contributed by atoms with Gasteiger partial charge in [-0.05, 0) is 45.8 Å². The molecule has 1 atom stereocenters. The summed E-state index contributed by atoms with van der Waals surface area (Å²) >= 11 is 0.